The molecule has 1 amide bonds. The monoisotopic (exact) mass is 291 g/mol. The lowest BCUT2D eigenvalue weighted by Gasteiger charge is -2.24. The highest BCUT2D eigenvalue weighted by atomic mass is 16.5. The van der Waals surface area contributed by atoms with Crippen LogP contribution in [0.3, 0.4) is 0 Å². The van der Waals surface area contributed by atoms with E-state index in [2.05, 4.69) is 36.3 Å². The molecule has 1 aromatic rings. The predicted molar refractivity (Wildman–Crippen MR) is 84.7 cm³/mol. The number of fused-ring (bicyclic) bond motifs is 1. The molecule has 21 heavy (non-hydrogen) atoms. The second-order valence-electron chi connectivity index (χ2n) is 5.44. The maximum Gasteiger partial charge on any atom is 0.262 e. The highest BCUT2D eigenvalue weighted by Gasteiger charge is 2.16. The molecular weight excluding hydrogens is 266 g/mol. The first-order valence-electron chi connectivity index (χ1n) is 7.63. The minimum absolute atomic E-state index is 0.0949. The third-order valence-corrected chi connectivity index (χ3v) is 3.76. The lowest BCUT2D eigenvalue weighted by molar-refractivity contribution is -0.118. The number of anilines is 1. The van der Waals surface area contributed by atoms with Crippen molar-refractivity contribution in [3.8, 4) is 5.75 Å². The van der Waals surface area contributed by atoms with Crippen LogP contribution in [0.4, 0.5) is 5.69 Å². The van der Waals surface area contributed by atoms with Gasteiger partial charge in [-0.05, 0) is 37.7 Å². The van der Waals surface area contributed by atoms with E-state index in [4.69, 9.17) is 4.74 Å². The fourth-order valence-corrected chi connectivity index (χ4v) is 2.47. The molecular formula is C16H25N3O2. The fraction of sp³-hybridized carbons (Fsp3) is 0.562. The highest BCUT2D eigenvalue weighted by molar-refractivity contribution is 5.95. The topological polar surface area (TPSA) is 53.6 Å². The Labute approximate surface area is 126 Å². The Morgan fingerprint density at radius 2 is 2.14 bits per heavy atom. The van der Waals surface area contributed by atoms with Crippen molar-refractivity contribution in [2.45, 2.75) is 33.4 Å². The number of carbonyl (C=O) groups excluding carboxylic acids is 1. The van der Waals surface area contributed by atoms with Gasteiger partial charge < -0.3 is 20.3 Å². The lowest BCUT2D eigenvalue weighted by Crippen LogP contribution is -2.38. The molecule has 116 valence electrons. The molecule has 0 saturated carbocycles. The molecule has 0 spiro atoms. The zero-order valence-corrected chi connectivity index (χ0v) is 13.1. The van der Waals surface area contributed by atoms with Gasteiger partial charge in [0.1, 0.15) is 5.75 Å². The Bertz CT molecular complexity index is 486. The number of benzene rings is 1. The van der Waals surface area contributed by atoms with Crippen LogP contribution in [0.5, 0.6) is 5.75 Å². The summed E-state index contributed by atoms with van der Waals surface area (Å²) in [7, 11) is 0. The van der Waals surface area contributed by atoms with Crippen molar-refractivity contribution < 1.29 is 9.53 Å². The van der Waals surface area contributed by atoms with Gasteiger partial charge in [0.05, 0.1) is 5.69 Å². The van der Waals surface area contributed by atoms with E-state index in [9.17, 15) is 4.79 Å². The number of hydrogen-bond donors (Lipinski definition) is 2. The second-order valence-corrected chi connectivity index (χ2v) is 5.44. The van der Waals surface area contributed by atoms with Gasteiger partial charge in [0.25, 0.3) is 5.91 Å². The smallest absolute Gasteiger partial charge is 0.262 e. The van der Waals surface area contributed by atoms with E-state index in [0.29, 0.717) is 6.04 Å². The van der Waals surface area contributed by atoms with Gasteiger partial charge in [-0.3, -0.25) is 4.79 Å². The summed E-state index contributed by atoms with van der Waals surface area (Å²) in [6, 6.07) is 6.35. The van der Waals surface area contributed by atoms with Crippen molar-refractivity contribution in [3.63, 3.8) is 0 Å². The van der Waals surface area contributed by atoms with E-state index in [-0.39, 0.29) is 12.5 Å². The Hall–Kier alpha value is -1.59. The summed E-state index contributed by atoms with van der Waals surface area (Å²) in [5, 5.41) is 6.36. The summed E-state index contributed by atoms with van der Waals surface area (Å²) in [6.07, 6.45) is 0. The van der Waals surface area contributed by atoms with Crippen molar-refractivity contribution in [1.29, 1.82) is 0 Å². The SMILES string of the molecule is CCN(CC)CC(C)NCc1ccc2c(c1)NC(=O)CO2. The number of nitrogens with one attached hydrogen (secondary N) is 2. The number of nitrogens with zero attached hydrogens (tertiary/aromatic N) is 1. The van der Waals surface area contributed by atoms with E-state index in [1.807, 2.05) is 18.2 Å². The maximum atomic E-state index is 11.3. The first-order valence-corrected chi connectivity index (χ1v) is 7.63. The minimum Gasteiger partial charge on any atom is -0.482 e. The predicted octanol–water partition coefficient (Wildman–Crippen LogP) is 1.84. The molecule has 2 rings (SSSR count). The van der Waals surface area contributed by atoms with Gasteiger partial charge in [-0.1, -0.05) is 19.9 Å². The Kier molecular flexibility index (Phi) is 5.59. The van der Waals surface area contributed by atoms with Crippen molar-refractivity contribution >= 4 is 11.6 Å². The molecule has 1 unspecified atom stereocenters. The first-order chi connectivity index (χ1) is 10.1. The zero-order valence-electron chi connectivity index (χ0n) is 13.1. The number of carbonyl (C=O) groups is 1. The van der Waals surface area contributed by atoms with E-state index < -0.39 is 0 Å². The van der Waals surface area contributed by atoms with Crippen LogP contribution in [0, 0.1) is 0 Å². The van der Waals surface area contributed by atoms with Gasteiger partial charge in [0.15, 0.2) is 6.61 Å². The van der Waals surface area contributed by atoms with Crippen molar-refractivity contribution in [3.05, 3.63) is 23.8 Å². The van der Waals surface area contributed by atoms with Gasteiger partial charge in [-0.15, -0.1) is 0 Å². The van der Waals surface area contributed by atoms with Crippen LogP contribution in [-0.4, -0.2) is 43.1 Å². The molecule has 0 radical (unpaired) electrons. The number of likely N-dealkylation sites (N-methyl/N-ethyl adjacent to an activating group) is 1. The van der Waals surface area contributed by atoms with Crippen LogP contribution < -0.4 is 15.4 Å². The van der Waals surface area contributed by atoms with E-state index in [1.165, 1.54) is 0 Å². The van der Waals surface area contributed by atoms with Gasteiger partial charge in [-0.2, -0.15) is 0 Å². The van der Waals surface area contributed by atoms with Gasteiger partial charge >= 0.3 is 0 Å². The summed E-state index contributed by atoms with van der Waals surface area (Å²) in [6.45, 7) is 10.6. The average molecular weight is 291 g/mol. The molecule has 0 aromatic heterocycles. The summed E-state index contributed by atoms with van der Waals surface area (Å²) in [5.74, 6) is 0.650. The fourth-order valence-electron chi connectivity index (χ4n) is 2.47. The summed E-state index contributed by atoms with van der Waals surface area (Å²) >= 11 is 0. The molecule has 1 aliphatic rings. The van der Waals surface area contributed by atoms with Crippen LogP contribution >= 0.6 is 0 Å². The van der Waals surface area contributed by atoms with Crippen LogP contribution in [0.1, 0.15) is 26.3 Å². The molecule has 5 nitrogen and oxygen atoms in total. The Morgan fingerprint density at radius 3 is 2.86 bits per heavy atom. The highest BCUT2D eigenvalue weighted by Crippen LogP contribution is 2.28. The van der Waals surface area contributed by atoms with Gasteiger partial charge in [0, 0.05) is 19.1 Å². The number of ether oxygens (including phenoxy) is 1. The standard InChI is InChI=1S/C16H25N3O2/c1-4-19(5-2)10-12(3)17-9-13-6-7-15-14(8-13)18-16(20)11-21-15/h6-8,12,17H,4-5,9-11H2,1-3H3,(H,18,20). The van der Waals surface area contributed by atoms with Gasteiger partial charge in [0.2, 0.25) is 0 Å². The normalized spacial score (nSPS) is 15.3. The first kappa shape index (κ1) is 15.8. The molecule has 5 heteroatoms. The van der Waals surface area contributed by atoms with Crippen molar-refractivity contribution in [2.75, 3.05) is 31.6 Å². The molecule has 0 saturated heterocycles. The third kappa shape index (κ3) is 4.44. The van der Waals surface area contributed by atoms with Crippen LogP contribution in [0.25, 0.3) is 0 Å². The molecule has 1 aromatic carbocycles. The van der Waals surface area contributed by atoms with E-state index >= 15 is 0 Å². The van der Waals surface area contributed by atoms with Crippen LogP contribution in [0.15, 0.2) is 18.2 Å². The van der Waals surface area contributed by atoms with Crippen molar-refractivity contribution in [1.82, 2.24) is 10.2 Å². The molecule has 0 aliphatic carbocycles. The van der Waals surface area contributed by atoms with Crippen LogP contribution in [-0.2, 0) is 11.3 Å². The minimum atomic E-state index is -0.0949. The number of rotatable bonds is 7. The second kappa shape index (κ2) is 7.43. The van der Waals surface area contributed by atoms with E-state index in [0.717, 1.165) is 43.2 Å². The Morgan fingerprint density at radius 1 is 1.38 bits per heavy atom. The molecule has 0 bridgehead atoms. The summed E-state index contributed by atoms with van der Waals surface area (Å²) < 4.78 is 5.36. The number of hydrogen-bond acceptors (Lipinski definition) is 4. The molecule has 0 fully saturated rings. The van der Waals surface area contributed by atoms with Crippen molar-refractivity contribution in [2.24, 2.45) is 0 Å². The summed E-state index contributed by atoms with van der Waals surface area (Å²) in [5.41, 5.74) is 1.91. The molecule has 1 atom stereocenters. The average Bonchev–Trinajstić information content (AvgIpc) is 2.50. The molecule has 1 heterocycles. The zero-order chi connectivity index (χ0) is 15.2. The van der Waals surface area contributed by atoms with Crippen LogP contribution in [0.2, 0.25) is 0 Å². The quantitative estimate of drug-likeness (QED) is 0.805. The number of amides is 1. The van der Waals surface area contributed by atoms with E-state index in [1.54, 1.807) is 0 Å². The molecule has 1 aliphatic heterocycles. The largest absolute Gasteiger partial charge is 0.482 e. The summed E-state index contributed by atoms with van der Waals surface area (Å²) in [4.78, 5) is 13.7. The molecule has 2 N–H and O–H groups in total. The lowest BCUT2D eigenvalue weighted by atomic mass is 10.1. The third-order valence-electron chi connectivity index (χ3n) is 3.76. The maximum absolute atomic E-state index is 11.3. The Balaban J connectivity index is 1.89. The van der Waals surface area contributed by atoms with Gasteiger partial charge in [-0.25, -0.2) is 0 Å².